The summed E-state index contributed by atoms with van der Waals surface area (Å²) in [5.74, 6) is 1.24. The number of thiophene rings is 1. The highest BCUT2D eigenvalue weighted by Crippen LogP contribution is 2.42. The van der Waals surface area contributed by atoms with Crippen molar-refractivity contribution in [1.82, 2.24) is 9.97 Å². The summed E-state index contributed by atoms with van der Waals surface area (Å²) in [5, 5.41) is 13.4. The van der Waals surface area contributed by atoms with Gasteiger partial charge in [-0.15, -0.1) is 23.1 Å². The van der Waals surface area contributed by atoms with E-state index in [9.17, 15) is 10.1 Å². The summed E-state index contributed by atoms with van der Waals surface area (Å²) in [6, 6.07) is 3.12. The smallest absolute Gasteiger partial charge is 0.270 e. The first-order valence-corrected chi connectivity index (χ1v) is 10.4. The lowest BCUT2D eigenvalue weighted by molar-refractivity contribution is -0.385. The number of hydrogen-bond donors (Lipinski definition) is 0. The molecule has 3 heterocycles. The van der Waals surface area contributed by atoms with Crippen molar-refractivity contribution in [3.63, 3.8) is 0 Å². The zero-order chi connectivity index (χ0) is 18.4. The van der Waals surface area contributed by atoms with Crippen LogP contribution in [0.3, 0.4) is 0 Å². The number of non-ortho nitro benzene ring substituents is 1. The van der Waals surface area contributed by atoms with Crippen molar-refractivity contribution in [3.8, 4) is 5.75 Å². The van der Waals surface area contributed by atoms with E-state index < -0.39 is 0 Å². The maximum absolute atomic E-state index is 11.3. The molecule has 2 aromatic heterocycles. The van der Waals surface area contributed by atoms with Gasteiger partial charge in [-0.05, 0) is 24.8 Å². The van der Waals surface area contributed by atoms with Gasteiger partial charge in [-0.3, -0.25) is 10.1 Å². The predicted octanol–water partition coefficient (Wildman–Crippen LogP) is 4.25. The van der Waals surface area contributed by atoms with Crippen LogP contribution in [0.1, 0.15) is 28.0 Å². The van der Waals surface area contributed by atoms with Gasteiger partial charge in [0.1, 0.15) is 21.9 Å². The Balaban J connectivity index is 1.51. The van der Waals surface area contributed by atoms with Gasteiger partial charge < -0.3 is 9.47 Å². The Morgan fingerprint density at radius 1 is 1.30 bits per heavy atom. The van der Waals surface area contributed by atoms with Gasteiger partial charge in [-0.2, -0.15) is 0 Å². The van der Waals surface area contributed by atoms with Crippen molar-refractivity contribution >= 4 is 39.0 Å². The third-order valence-electron chi connectivity index (χ3n) is 4.81. The molecule has 3 aromatic rings. The minimum atomic E-state index is -0.377. The summed E-state index contributed by atoms with van der Waals surface area (Å²) in [7, 11) is 0. The quantitative estimate of drug-likeness (QED) is 0.279. The average Bonchev–Trinajstić information content (AvgIpc) is 3.26. The van der Waals surface area contributed by atoms with Crippen LogP contribution in [-0.4, -0.2) is 21.7 Å². The van der Waals surface area contributed by atoms with Crippen LogP contribution in [0.25, 0.3) is 10.2 Å². The van der Waals surface area contributed by atoms with Crippen LogP contribution in [0, 0.1) is 10.1 Å². The number of nitro benzene ring substituents is 1. The number of nitrogens with zero attached hydrogens (tertiary/aromatic N) is 3. The Kier molecular flexibility index (Phi) is 4.22. The van der Waals surface area contributed by atoms with Gasteiger partial charge in [0.25, 0.3) is 5.69 Å². The molecule has 0 fully saturated rings. The molecule has 2 aliphatic rings. The zero-order valence-electron chi connectivity index (χ0n) is 14.3. The van der Waals surface area contributed by atoms with Crippen molar-refractivity contribution < 1.29 is 14.4 Å². The van der Waals surface area contributed by atoms with Gasteiger partial charge in [-0.25, -0.2) is 9.97 Å². The van der Waals surface area contributed by atoms with Gasteiger partial charge >= 0.3 is 0 Å². The fourth-order valence-corrected chi connectivity index (χ4v) is 5.93. The van der Waals surface area contributed by atoms with Gasteiger partial charge in [-0.1, -0.05) is 0 Å². The Labute approximate surface area is 162 Å². The van der Waals surface area contributed by atoms with E-state index in [1.54, 1.807) is 35.5 Å². The van der Waals surface area contributed by atoms with E-state index in [2.05, 4.69) is 9.97 Å². The Morgan fingerprint density at radius 3 is 3.11 bits per heavy atom. The first-order chi connectivity index (χ1) is 13.2. The first kappa shape index (κ1) is 16.9. The highest BCUT2D eigenvalue weighted by molar-refractivity contribution is 7.98. The molecule has 0 unspecified atom stereocenters. The fourth-order valence-electron chi connectivity index (χ4n) is 3.65. The first-order valence-electron chi connectivity index (χ1n) is 8.59. The molecule has 0 saturated heterocycles. The summed E-state index contributed by atoms with van der Waals surface area (Å²) in [6.45, 7) is 0.489. The van der Waals surface area contributed by atoms with Crippen LogP contribution in [0.5, 0.6) is 5.75 Å². The fraction of sp³-hybridized carbons (Fsp3) is 0.333. The molecule has 0 amide bonds. The molecule has 0 bridgehead atoms. The third-order valence-corrected chi connectivity index (χ3v) is 7.05. The number of rotatable bonds is 4. The van der Waals surface area contributed by atoms with E-state index >= 15 is 0 Å². The minimum Gasteiger partial charge on any atom is -0.467 e. The molecular weight excluding hydrogens is 386 g/mol. The summed E-state index contributed by atoms with van der Waals surface area (Å²) < 4.78 is 10.9. The van der Waals surface area contributed by atoms with Crippen molar-refractivity contribution in [3.05, 3.63) is 50.1 Å². The van der Waals surface area contributed by atoms with Gasteiger partial charge in [0.15, 0.2) is 6.79 Å². The SMILES string of the molecule is O=[N+]([O-])c1cc2c(c(CSc3ncnc4sc5c(c34)CCC5)c1)OCOC2. The summed E-state index contributed by atoms with van der Waals surface area (Å²) in [6.07, 6.45) is 4.97. The molecule has 0 spiro atoms. The van der Waals surface area contributed by atoms with E-state index in [0.717, 1.165) is 39.2 Å². The monoisotopic (exact) mass is 401 g/mol. The van der Waals surface area contributed by atoms with Crippen LogP contribution < -0.4 is 4.74 Å². The molecule has 5 rings (SSSR count). The molecule has 1 aliphatic carbocycles. The molecule has 0 radical (unpaired) electrons. The van der Waals surface area contributed by atoms with Crippen molar-refractivity contribution in [2.75, 3.05) is 6.79 Å². The Morgan fingerprint density at radius 2 is 2.22 bits per heavy atom. The molecular formula is C18H15N3O4S2. The minimum absolute atomic E-state index is 0.0581. The van der Waals surface area contributed by atoms with Crippen molar-refractivity contribution in [1.29, 1.82) is 0 Å². The molecule has 0 atom stereocenters. The molecule has 0 N–H and O–H groups in total. The van der Waals surface area contributed by atoms with Crippen molar-refractivity contribution in [2.24, 2.45) is 0 Å². The molecule has 27 heavy (non-hydrogen) atoms. The number of ether oxygens (including phenoxy) is 2. The van der Waals surface area contributed by atoms with Crippen LogP contribution in [-0.2, 0) is 29.9 Å². The second-order valence-electron chi connectivity index (χ2n) is 6.47. The largest absolute Gasteiger partial charge is 0.467 e. The van der Waals surface area contributed by atoms with Crippen LogP contribution in [0.2, 0.25) is 0 Å². The zero-order valence-corrected chi connectivity index (χ0v) is 15.9. The number of aromatic nitrogens is 2. The third kappa shape index (κ3) is 2.95. The predicted molar refractivity (Wildman–Crippen MR) is 102 cm³/mol. The highest BCUT2D eigenvalue weighted by atomic mass is 32.2. The lowest BCUT2D eigenvalue weighted by Gasteiger charge is -2.20. The normalized spacial score (nSPS) is 15.4. The maximum atomic E-state index is 11.3. The molecule has 0 saturated carbocycles. The van der Waals surface area contributed by atoms with E-state index in [4.69, 9.17) is 9.47 Å². The molecule has 9 heteroatoms. The number of nitro groups is 1. The second kappa shape index (κ2) is 6.74. The summed E-state index contributed by atoms with van der Waals surface area (Å²) in [5.41, 5.74) is 2.95. The Bertz CT molecular complexity index is 1070. The summed E-state index contributed by atoms with van der Waals surface area (Å²) in [4.78, 5) is 22.3. The van der Waals surface area contributed by atoms with Crippen LogP contribution in [0.15, 0.2) is 23.5 Å². The van der Waals surface area contributed by atoms with Crippen molar-refractivity contribution in [2.45, 2.75) is 36.6 Å². The molecule has 138 valence electrons. The summed E-state index contributed by atoms with van der Waals surface area (Å²) >= 11 is 3.34. The highest BCUT2D eigenvalue weighted by Gasteiger charge is 2.24. The number of fused-ring (bicyclic) bond motifs is 4. The van der Waals surface area contributed by atoms with Gasteiger partial charge in [0, 0.05) is 39.3 Å². The lowest BCUT2D eigenvalue weighted by atomic mass is 10.1. The standard InChI is InChI=1S/C18H15N3O4S2/c22-21(23)12-4-10-6-24-9-25-16(10)11(5-12)7-26-17-15-13-2-1-3-14(13)27-18(15)20-8-19-17/h4-5,8H,1-3,6-7,9H2. The average molecular weight is 401 g/mol. The topological polar surface area (TPSA) is 87.4 Å². The van der Waals surface area contributed by atoms with E-state index in [0.29, 0.717) is 18.1 Å². The number of aryl methyl sites for hydroxylation is 2. The van der Waals surface area contributed by atoms with Crippen LogP contribution in [0.4, 0.5) is 5.69 Å². The molecule has 1 aliphatic heterocycles. The molecule has 7 nitrogen and oxygen atoms in total. The van der Waals surface area contributed by atoms with Crippen LogP contribution >= 0.6 is 23.1 Å². The maximum Gasteiger partial charge on any atom is 0.270 e. The van der Waals surface area contributed by atoms with E-state index in [1.807, 2.05) is 0 Å². The van der Waals surface area contributed by atoms with E-state index in [-0.39, 0.29) is 17.4 Å². The lowest BCUT2D eigenvalue weighted by Crippen LogP contribution is -2.13. The van der Waals surface area contributed by atoms with Gasteiger partial charge in [0.2, 0.25) is 0 Å². The van der Waals surface area contributed by atoms with Gasteiger partial charge in [0.05, 0.1) is 11.5 Å². The second-order valence-corrected chi connectivity index (χ2v) is 8.51. The number of hydrogen-bond acceptors (Lipinski definition) is 8. The Hall–Kier alpha value is -2.23. The number of thioether (sulfide) groups is 1. The molecule has 1 aromatic carbocycles. The number of benzene rings is 1. The van der Waals surface area contributed by atoms with E-state index in [1.165, 1.54) is 22.9 Å².